The summed E-state index contributed by atoms with van der Waals surface area (Å²) >= 11 is 6.57. The SMILES string of the molecule is Cn1cc(C(=O)N2CCC(O)(Cn3cnc4c(cc(Cl)n4-c4cccc(C5CC5)c4)c3=O)CC2)cn1. The molecule has 10 heteroatoms. The molecule has 186 valence electrons. The van der Waals surface area contributed by atoms with Crippen LogP contribution in [-0.2, 0) is 13.6 Å². The molecule has 1 saturated heterocycles. The van der Waals surface area contributed by atoms with Crippen molar-refractivity contribution < 1.29 is 9.90 Å². The van der Waals surface area contributed by atoms with Gasteiger partial charge in [-0.05, 0) is 55.4 Å². The van der Waals surface area contributed by atoms with E-state index in [1.165, 1.54) is 29.3 Å². The van der Waals surface area contributed by atoms with Gasteiger partial charge in [-0.25, -0.2) is 4.98 Å². The van der Waals surface area contributed by atoms with Gasteiger partial charge in [0.2, 0.25) is 0 Å². The van der Waals surface area contributed by atoms with Gasteiger partial charge in [-0.3, -0.25) is 23.4 Å². The van der Waals surface area contributed by atoms with Crippen LogP contribution in [-0.4, -0.2) is 58.5 Å². The van der Waals surface area contributed by atoms with Crippen molar-refractivity contribution in [2.75, 3.05) is 13.1 Å². The van der Waals surface area contributed by atoms with E-state index in [-0.39, 0.29) is 18.0 Å². The zero-order valence-electron chi connectivity index (χ0n) is 20.0. The Labute approximate surface area is 212 Å². The van der Waals surface area contributed by atoms with E-state index >= 15 is 0 Å². The molecule has 1 aliphatic carbocycles. The van der Waals surface area contributed by atoms with E-state index < -0.39 is 5.60 Å². The molecule has 1 N–H and O–H groups in total. The molecule has 1 saturated carbocycles. The molecule has 2 fully saturated rings. The minimum Gasteiger partial charge on any atom is -0.388 e. The summed E-state index contributed by atoms with van der Waals surface area (Å²) in [4.78, 5) is 32.3. The second-order valence-corrected chi connectivity index (χ2v) is 10.4. The van der Waals surface area contributed by atoms with Gasteiger partial charge in [0.05, 0.1) is 29.3 Å². The molecule has 0 bridgehead atoms. The van der Waals surface area contributed by atoms with E-state index in [0.29, 0.717) is 53.6 Å². The molecular formula is C26H27ClN6O3. The molecule has 4 aromatic rings. The van der Waals surface area contributed by atoms with E-state index in [9.17, 15) is 14.7 Å². The van der Waals surface area contributed by atoms with Gasteiger partial charge >= 0.3 is 0 Å². The molecule has 0 atom stereocenters. The lowest BCUT2D eigenvalue weighted by atomic mass is 9.91. The maximum absolute atomic E-state index is 13.4. The number of carbonyl (C=O) groups excluding carboxylic acids is 1. The van der Waals surface area contributed by atoms with Crippen molar-refractivity contribution in [3.05, 3.63) is 75.7 Å². The fourth-order valence-electron chi connectivity index (χ4n) is 5.09. The first-order valence-corrected chi connectivity index (χ1v) is 12.6. The Morgan fingerprint density at radius 3 is 2.69 bits per heavy atom. The van der Waals surface area contributed by atoms with Crippen LogP contribution in [0, 0.1) is 0 Å². The molecule has 3 aromatic heterocycles. The van der Waals surface area contributed by atoms with Gasteiger partial charge < -0.3 is 10.0 Å². The number of likely N-dealkylation sites (tertiary alicyclic amines) is 1. The summed E-state index contributed by atoms with van der Waals surface area (Å²) in [5.41, 5.74) is 1.82. The third-order valence-corrected chi connectivity index (χ3v) is 7.59. The number of hydrogen-bond donors (Lipinski definition) is 1. The topological polar surface area (TPSA) is 98.2 Å². The van der Waals surface area contributed by atoms with E-state index in [2.05, 4.69) is 22.2 Å². The van der Waals surface area contributed by atoms with Crippen molar-refractivity contribution in [3.8, 4) is 5.69 Å². The molecule has 0 unspecified atom stereocenters. The molecule has 2 aliphatic rings. The van der Waals surface area contributed by atoms with Gasteiger partial charge in [-0.15, -0.1) is 0 Å². The highest BCUT2D eigenvalue weighted by Gasteiger charge is 2.35. The van der Waals surface area contributed by atoms with Crippen LogP contribution in [0.2, 0.25) is 5.15 Å². The predicted octanol–water partition coefficient (Wildman–Crippen LogP) is 3.12. The first-order chi connectivity index (χ1) is 17.3. The van der Waals surface area contributed by atoms with Crippen LogP contribution in [0.15, 0.2) is 53.8 Å². The summed E-state index contributed by atoms with van der Waals surface area (Å²) in [6, 6.07) is 9.85. The number of halogens is 1. The monoisotopic (exact) mass is 506 g/mol. The molecule has 1 amide bonds. The lowest BCUT2D eigenvalue weighted by Crippen LogP contribution is -2.49. The zero-order valence-corrected chi connectivity index (χ0v) is 20.7. The normalized spacial score (nSPS) is 17.6. The Morgan fingerprint density at radius 1 is 1.22 bits per heavy atom. The van der Waals surface area contributed by atoms with Crippen LogP contribution >= 0.6 is 11.6 Å². The summed E-state index contributed by atoms with van der Waals surface area (Å²) in [5, 5.41) is 16.1. The molecule has 6 rings (SSSR count). The minimum absolute atomic E-state index is 0.101. The number of nitrogens with zero attached hydrogens (tertiary/aromatic N) is 6. The highest BCUT2D eigenvalue weighted by atomic mass is 35.5. The van der Waals surface area contributed by atoms with Crippen molar-refractivity contribution in [2.45, 2.75) is 43.7 Å². The minimum atomic E-state index is -1.12. The van der Waals surface area contributed by atoms with Gasteiger partial charge in [0.1, 0.15) is 11.5 Å². The summed E-state index contributed by atoms with van der Waals surface area (Å²) < 4.78 is 4.83. The fraction of sp³-hybridized carbons (Fsp3) is 0.385. The largest absolute Gasteiger partial charge is 0.388 e. The smallest absolute Gasteiger partial charge is 0.262 e. The third kappa shape index (κ3) is 4.12. The average molecular weight is 507 g/mol. The highest BCUT2D eigenvalue weighted by molar-refractivity contribution is 6.31. The molecule has 36 heavy (non-hydrogen) atoms. The third-order valence-electron chi connectivity index (χ3n) is 7.32. The molecule has 1 aromatic carbocycles. The number of rotatable bonds is 5. The maximum atomic E-state index is 13.4. The van der Waals surface area contributed by atoms with Crippen LogP contribution in [0.4, 0.5) is 0 Å². The number of carbonyl (C=O) groups is 1. The fourth-order valence-corrected chi connectivity index (χ4v) is 5.38. The van der Waals surface area contributed by atoms with Gasteiger partial charge in [0.15, 0.2) is 5.65 Å². The van der Waals surface area contributed by atoms with Crippen LogP contribution in [0.5, 0.6) is 0 Å². The summed E-state index contributed by atoms with van der Waals surface area (Å²) in [6.45, 7) is 0.895. The van der Waals surface area contributed by atoms with Crippen LogP contribution < -0.4 is 5.56 Å². The molecule has 4 heterocycles. The number of aromatic nitrogens is 5. The van der Waals surface area contributed by atoms with Crippen molar-refractivity contribution in [3.63, 3.8) is 0 Å². The summed E-state index contributed by atoms with van der Waals surface area (Å²) in [5.74, 6) is 0.495. The van der Waals surface area contributed by atoms with Crippen LogP contribution in [0.3, 0.4) is 0 Å². The Kier molecular flexibility index (Phi) is 5.49. The first-order valence-electron chi connectivity index (χ1n) is 12.2. The number of hydrogen-bond acceptors (Lipinski definition) is 5. The molecule has 9 nitrogen and oxygen atoms in total. The second kappa shape index (κ2) is 8.60. The van der Waals surface area contributed by atoms with Crippen molar-refractivity contribution in [1.82, 2.24) is 28.8 Å². The Hall–Kier alpha value is -3.43. The molecule has 1 aliphatic heterocycles. The lowest BCUT2D eigenvalue weighted by Gasteiger charge is -2.38. The number of amides is 1. The second-order valence-electron chi connectivity index (χ2n) is 10.0. The first kappa shape index (κ1) is 23.0. The number of aryl methyl sites for hydroxylation is 1. The quantitative estimate of drug-likeness (QED) is 0.448. The van der Waals surface area contributed by atoms with Crippen LogP contribution in [0.1, 0.15) is 47.5 Å². The molecule has 0 radical (unpaired) electrons. The van der Waals surface area contributed by atoms with Gasteiger partial charge in [-0.2, -0.15) is 5.10 Å². The van der Waals surface area contributed by atoms with E-state index in [1.54, 1.807) is 39.7 Å². The number of piperidine rings is 1. The zero-order chi connectivity index (χ0) is 25.0. The molecule has 0 spiro atoms. The maximum Gasteiger partial charge on any atom is 0.262 e. The van der Waals surface area contributed by atoms with Crippen molar-refractivity contribution in [1.29, 1.82) is 0 Å². The van der Waals surface area contributed by atoms with Crippen LogP contribution in [0.25, 0.3) is 16.7 Å². The lowest BCUT2D eigenvalue weighted by molar-refractivity contribution is -0.0299. The molecular weight excluding hydrogens is 480 g/mol. The predicted molar refractivity (Wildman–Crippen MR) is 136 cm³/mol. The average Bonchev–Trinajstić information content (AvgIpc) is 3.54. The van der Waals surface area contributed by atoms with E-state index in [4.69, 9.17) is 11.6 Å². The number of benzene rings is 1. The van der Waals surface area contributed by atoms with E-state index in [1.807, 2.05) is 12.1 Å². The Morgan fingerprint density at radius 2 is 2.00 bits per heavy atom. The summed E-state index contributed by atoms with van der Waals surface area (Å²) in [6.07, 6.45) is 7.83. The number of aliphatic hydroxyl groups is 1. The Bertz CT molecular complexity index is 1520. The standard InChI is InChI=1S/C26H27ClN6O3/c1-30-14-19(13-29-30)24(34)31-9-7-26(36,8-10-31)15-32-16-28-23-21(25(32)35)12-22(27)33(23)20-4-2-3-18(11-20)17-5-6-17/h2-4,11-14,16-17,36H,5-10,15H2,1H3. The van der Waals surface area contributed by atoms with Gasteiger partial charge in [0, 0.05) is 32.0 Å². The van der Waals surface area contributed by atoms with Gasteiger partial charge in [0.25, 0.3) is 11.5 Å². The van der Waals surface area contributed by atoms with Gasteiger partial charge in [-0.1, -0.05) is 23.7 Å². The number of fused-ring (bicyclic) bond motifs is 1. The van der Waals surface area contributed by atoms with Crippen molar-refractivity contribution >= 4 is 28.5 Å². The van der Waals surface area contributed by atoms with Crippen molar-refractivity contribution in [2.24, 2.45) is 7.05 Å². The summed E-state index contributed by atoms with van der Waals surface area (Å²) in [7, 11) is 1.76. The van der Waals surface area contributed by atoms with E-state index in [0.717, 1.165) is 5.69 Å². The Balaban J connectivity index is 1.23. The highest BCUT2D eigenvalue weighted by Crippen LogP contribution is 2.41.